The fraction of sp³-hybridized carbons (Fsp3) is 0.316. The molecule has 1 unspecified atom stereocenters. The smallest absolute Gasteiger partial charge is 0.258 e. The van der Waals surface area contributed by atoms with Crippen LogP contribution in [0.1, 0.15) is 32.4 Å². The van der Waals surface area contributed by atoms with E-state index >= 15 is 0 Å². The number of benzene rings is 2. The van der Waals surface area contributed by atoms with Crippen LogP contribution in [0.25, 0.3) is 0 Å². The van der Waals surface area contributed by atoms with Gasteiger partial charge in [-0.25, -0.2) is 13.1 Å². The lowest BCUT2D eigenvalue weighted by Crippen LogP contribution is -2.31. The van der Waals surface area contributed by atoms with Gasteiger partial charge in [-0.3, -0.25) is 4.79 Å². The molecule has 0 heterocycles. The number of hydrogen-bond donors (Lipinski definition) is 2. The summed E-state index contributed by atoms with van der Waals surface area (Å²) in [6, 6.07) is 13.3. The zero-order valence-electron chi connectivity index (χ0n) is 15.4. The summed E-state index contributed by atoms with van der Waals surface area (Å²) < 4.78 is 32.2. The molecule has 0 aromatic heterocycles. The molecule has 0 spiro atoms. The van der Waals surface area contributed by atoms with Crippen molar-refractivity contribution in [1.29, 1.82) is 0 Å². The first-order valence-electron chi connectivity index (χ1n) is 8.48. The number of halogens is 1. The van der Waals surface area contributed by atoms with Crippen molar-refractivity contribution in [3.63, 3.8) is 0 Å². The van der Waals surface area contributed by atoms with Gasteiger partial charge in [0.05, 0.1) is 16.0 Å². The Morgan fingerprint density at radius 2 is 1.78 bits per heavy atom. The quantitative estimate of drug-likeness (QED) is 0.699. The maximum atomic E-state index is 12.2. The number of amides is 1. The van der Waals surface area contributed by atoms with Gasteiger partial charge in [0.15, 0.2) is 6.61 Å². The van der Waals surface area contributed by atoms with Crippen LogP contribution in [-0.2, 0) is 14.8 Å². The van der Waals surface area contributed by atoms with Crippen molar-refractivity contribution in [3.05, 3.63) is 59.1 Å². The Hall–Kier alpha value is -2.09. The van der Waals surface area contributed by atoms with Crippen molar-refractivity contribution in [2.75, 3.05) is 6.61 Å². The van der Waals surface area contributed by atoms with Crippen LogP contribution in [0.5, 0.6) is 5.75 Å². The van der Waals surface area contributed by atoms with E-state index in [0.717, 1.165) is 5.56 Å². The van der Waals surface area contributed by atoms with Crippen molar-refractivity contribution < 1.29 is 17.9 Å². The number of nitrogens with one attached hydrogen (secondary N) is 2. The zero-order chi connectivity index (χ0) is 20.0. The van der Waals surface area contributed by atoms with E-state index in [0.29, 0.717) is 0 Å². The third-order valence-corrected chi connectivity index (χ3v) is 5.59. The molecule has 2 aromatic rings. The molecule has 6 nitrogen and oxygen atoms in total. The SMILES string of the molecule is CC(C)NS(=O)(=O)c1ccc(OCC(=O)NC(C)c2ccccc2)c(Cl)c1. The molecule has 0 aliphatic carbocycles. The first kappa shape index (κ1) is 21.2. The van der Waals surface area contributed by atoms with Crippen LogP contribution in [0.3, 0.4) is 0 Å². The number of ether oxygens (including phenoxy) is 1. The number of rotatable bonds is 8. The number of hydrogen-bond acceptors (Lipinski definition) is 4. The summed E-state index contributed by atoms with van der Waals surface area (Å²) in [6.45, 7) is 5.10. The molecule has 0 bridgehead atoms. The van der Waals surface area contributed by atoms with E-state index < -0.39 is 10.0 Å². The van der Waals surface area contributed by atoms with E-state index in [1.165, 1.54) is 18.2 Å². The van der Waals surface area contributed by atoms with Crippen molar-refractivity contribution in [3.8, 4) is 5.75 Å². The summed E-state index contributed by atoms with van der Waals surface area (Å²) in [5, 5.41) is 2.95. The largest absolute Gasteiger partial charge is 0.482 e. The van der Waals surface area contributed by atoms with Crippen LogP contribution in [0.15, 0.2) is 53.4 Å². The van der Waals surface area contributed by atoms with Gasteiger partial charge >= 0.3 is 0 Å². The summed E-state index contributed by atoms with van der Waals surface area (Å²) >= 11 is 6.11. The number of carbonyl (C=O) groups is 1. The summed E-state index contributed by atoms with van der Waals surface area (Å²) in [4.78, 5) is 12.1. The third-order valence-electron chi connectivity index (χ3n) is 3.64. The van der Waals surface area contributed by atoms with E-state index in [1.807, 2.05) is 37.3 Å². The van der Waals surface area contributed by atoms with Gasteiger partial charge in [-0.1, -0.05) is 41.9 Å². The van der Waals surface area contributed by atoms with Gasteiger partial charge in [0, 0.05) is 6.04 Å². The summed E-state index contributed by atoms with van der Waals surface area (Å²) in [7, 11) is -3.65. The molecular weight excluding hydrogens is 388 g/mol. The molecule has 0 radical (unpaired) electrons. The molecule has 2 aromatic carbocycles. The Balaban J connectivity index is 1.97. The Morgan fingerprint density at radius 3 is 2.37 bits per heavy atom. The Labute approximate surface area is 164 Å². The van der Waals surface area contributed by atoms with Crippen LogP contribution in [0, 0.1) is 0 Å². The highest BCUT2D eigenvalue weighted by atomic mass is 35.5. The number of carbonyl (C=O) groups excluding carboxylic acids is 1. The van der Waals surface area contributed by atoms with E-state index in [1.54, 1.807) is 13.8 Å². The molecule has 0 aliphatic heterocycles. The maximum absolute atomic E-state index is 12.2. The minimum atomic E-state index is -3.65. The predicted molar refractivity (Wildman–Crippen MR) is 105 cm³/mol. The fourth-order valence-electron chi connectivity index (χ4n) is 2.40. The highest BCUT2D eigenvalue weighted by Gasteiger charge is 2.18. The minimum Gasteiger partial charge on any atom is -0.482 e. The first-order valence-corrected chi connectivity index (χ1v) is 10.3. The van der Waals surface area contributed by atoms with Crippen LogP contribution in [0.4, 0.5) is 0 Å². The van der Waals surface area contributed by atoms with E-state index in [4.69, 9.17) is 16.3 Å². The molecule has 2 N–H and O–H groups in total. The highest BCUT2D eigenvalue weighted by Crippen LogP contribution is 2.27. The lowest BCUT2D eigenvalue weighted by atomic mass is 10.1. The zero-order valence-corrected chi connectivity index (χ0v) is 17.0. The van der Waals surface area contributed by atoms with Crippen molar-refractivity contribution in [2.24, 2.45) is 0 Å². The average Bonchev–Trinajstić information content (AvgIpc) is 2.60. The Morgan fingerprint density at radius 1 is 1.11 bits per heavy atom. The third kappa shape index (κ3) is 6.23. The summed E-state index contributed by atoms with van der Waals surface area (Å²) in [6.07, 6.45) is 0. The van der Waals surface area contributed by atoms with E-state index in [-0.39, 0.29) is 40.3 Å². The lowest BCUT2D eigenvalue weighted by Gasteiger charge is -2.15. The lowest BCUT2D eigenvalue weighted by molar-refractivity contribution is -0.123. The molecule has 0 fully saturated rings. The van der Waals surface area contributed by atoms with Gasteiger partial charge in [-0.15, -0.1) is 0 Å². The van der Waals surface area contributed by atoms with Gasteiger partial charge in [-0.05, 0) is 44.5 Å². The van der Waals surface area contributed by atoms with Crippen molar-refractivity contribution >= 4 is 27.5 Å². The Bertz CT molecular complexity index is 886. The van der Waals surface area contributed by atoms with Crippen LogP contribution >= 0.6 is 11.6 Å². The van der Waals surface area contributed by atoms with Gasteiger partial charge in [-0.2, -0.15) is 0 Å². The van der Waals surface area contributed by atoms with Gasteiger partial charge in [0.2, 0.25) is 10.0 Å². The highest BCUT2D eigenvalue weighted by molar-refractivity contribution is 7.89. The van der Waals surface area contributed by atoms with Crippen LogP contribution in [0.2, 0.25) is 5.02 Å². The molecule has 8 heteroatoms. The molecule has 1 amide bonds. The molecule has 0 saturated heterocycles. The molecular formula is C19H23ClN2O4S. The minimum absolute atomic E-state index is 0.0377. The van der Waals surface area contributed by atoms with Crippen molar-refractivity contribution in [1.82, 2.24) is 10.0 Å². The topological polar surface area (TPSA) is 84.5 Å². The average molecular weight is 411 g/mol. The first-order chi connectivity index (χ1) is 12.7. The van der Waals surface area contributed by atoms with Crippen LogP contribution in [-0.4, -0.2) is 27.0 Å². The second kappa shape index (κ2) is 9.21. The number of sulfonamides is 1. The maximum Gasteiger partial charge on any atom is 0.258 e. The summed E-state index contributed by atoms with van der Waals surface area (Å²) in [5.74, 6) is -0.0664. The van der Waals surface area contributed by atoms with E-state index in [2.05, 4.69) is 10.0 Å². The predicted octanol–water partition coefficient (Wildman–Crippen LogP) is 3.28. The molecule has 146 valence electrons. The van der Waals surface area contributed by atoms with Crippen LogP contribution < -0.4 is 14.8 Å². The Kier molecular flexibility index (Phi) is 7.24. The van der Waals surface area contributed by atoms with Gasteiger partial charge in [0.25, 0.3) is 5.91 Å². The monoisotopic (exact) mass is 410 g/mol. The van der Waals surface area contributed by atoms with E-state index in [9.17, 15) is 13.2 Å². The standard InChI is InChI=1S/C19H23ClN2O4S/c1-13(2)22-27(24,25)16-9-10-18(17(20)11-16)26-12-19(23)21-14(3)15-7-5-4-6-8-15/h4-11,13-14,22H,12H2,1-3H3,(H,21,23). The second-order valence-corrected chi connectivity index (χ2v) is 8.48. The second-order valence-electron chi connectivity index (χ2n) is 6.36. The molecule has 0 aliphatic rings. The van der Waals surface area contributed by atoms with Crippen molar-refractivity contribution in [2.45, 2.75) is 37.8 Å². The molecule has 2 rings (SSSR count). The normalized spacial score (nSPS) is 12.6. The fourth-order valence-corrected chi connectivity index (χ4v) is 3.97. The molecule has 27 heavy (non-hydrogen) atoms. The van der Waals surface area contributed by atoms with Gasteiger partial charge in [0.1, 0.15) is 5.75 Å². The summed E-state index contributed by atoms with van der Waals surface area (Å²) in [5.41, 5.74) is 0.982. The molecule has 1 atom stereocenters. The molecule has 0 saturated carbocycles. The van der Waals surface area contributed by atoms with Gasteiger partial charge < -0.3 is 10.1 Å².